The minimum absolute atomic E-state index is 0.0670. The third-order valence-corrected chi connectivity index (χ3v) is 4.14. The quantitative estimate of drug-likeness (QED) is 0.650. The molecule has 0 unspecified atom stereocenters. The minimum atomic E-state index is -0.592. The SMILES string of the molecule is COc1cccc(CN(CC(N)=O)C(=O)Cc2ccc(F)cc2)c1.c1ccccc1. The van der Waals surface area contributed by atoms with Gasteiger partial charge in [0, 0.05) is 6.54 Å². The number of hydrogen-bond acceptors (Lipinski definition) is 3. The molecule has 0 saturated heterocycles. The second-order valence-electron chi connectivity index (χ2n) is 6.53. The number of primary amides is 1. The van der Waals surface area contributed by atoms with E-state index in [4.69, 9.17) is 10.5 Å². The Morgan fingerprint density at radius 2 is 1.50 bits per heavy atom. The van der Waals surface area contributed by atoms with Crippen molar-refractivity contribution in [3.63, 3.8) is 0 Å². The van der Waals surface area contributed by atoms with Gasteiger partial charge in [-0.1, -0.05) is 60.7 Å². The van der Waals surface area contributed by atoms with Crippen LogP contribution in [0.2, 0.25) is 0 Å². The van der Waals surface area contributed by atoms with E-state index in [1.54, 1.807) is 37.4 Å². The molecule has 0 heterocycles. The fourth-order valence-corrected chi connectivity index (χ4v) is 2.69. The minimum Gasteiger partial charge on any atom is -0.497 e. The topological polar surface area (TPSA) is 72.6 Å². The van der Waals surface area contributed by atoms with Gasteiger partial charge in [0.1, 0.15) is 11.6 Å². The predicted octanol–water partition coefficient (Wildman–Crippen LogP) is 3.58. The highest BCUT2D eigenvalue weighted by Crippen LogP contribution is 2.15. The molecule has 0 bridgehead atoms. The zero-order valence-electron chi connectivity index (χ0n) is 16.8. The second kappa shape index (κ2) is 12.0. The van der Waals surface area contributed by atoms with E-state index in [1.165, 1.54) is 17.0 Å². The van der Waals surface area contributed by atoms with Crippen molar-refractivity contribution in [3.05, 3.63) is 102 Å². The molecule has 0 spiro atoms. The van der Waals surface area contributed by atoms with Crippen LogP contribution in [0.5, 0.6) is 5.75 Å². The number of carbonyl (C=O) groups is 2. The molecule has 3 rings (SSSR count). The lowest BCUT2D eigenvalue weighted by Crippen LogP contribution is -2.38. The summed E-state index contributed by atoms with van der Waals surface area (Å²) in [5.74, 6) is -0.553. The Morgan fingerprint density at radius 1 is 0.900 bits per heavy atom. The number of carbonyl (C=O) groups excluding carboxylic acids is 2. The molecule has 3 aromatic carbocycles. The fourth-order valence-electron chi connectivity index (χ4n) is 2.69. The molecular formula is C24H25FN2O3. The van der Waals surface area contributed by atoms with E-state index in [0.29, 0.717) is 11.3 Å². The zero-order valence-corrected chi connectivity index (χ0v) is 16.8. The van der Waals surface area contributed by atoms with Crippen LogP contribution in [0.25, 0.3) is 0 Å². The first-order chi connectivity index (χ1) is 14.5. The van der Waals surface area contributed by atoms with E-state index < -0.39 is 5.91 Å². The van der Waals surface area contributed by atoms with Gasteiger partial charge in [0.05, 0.1) is 20.1 Å². The molecular weight excluding hydrogens is 383 g/mol. The number of amides is 2. The van der Waals surface area contributed by atoms with E-state index >= 15 is 0 Å². The van der Waals surface area contributed by atoms with Gasteiger partial charge in [-0.3, -0.25) is 9.59 Å². The second-order valence-corrected chi connectivity index (χ2v) is 6.53. The average molecular weight is 408 g/mol. The molecule has 30 heavy (non-hydrogen) atoms. The Kier molecular flexibility index (Phi) is 9.06. The summed E-state index contributed by atoms with van der Waals surface area (Å²) in [5.41, 5.74) is 6.74. The molecule has 0 fully saturated rings. The Hall–Kier alpha value is -3.67. The molecule has 6 heteroatoms. The monoisotopic (exact) mass is 408 g/mol. The van der Waals surface area contributed by atoms with Gasteiger partial charge in [-0.25, -0.2) is 4.39 Å². The van der Waals surface area contributed by atoms with Gasteiger partial charge < -0.3 is 15.4 Å². The van der Waals surface area contributed by atoms with Gasteiger partial charge in [-0.05, 0) is 35.4 Å². The molecule has 156 valence electrons. The van der Waals surface area contributed by atoms with Gasteiger partial charge in [-0.2, -0.15) is 0 Å². The van der Waals surface area contributed by atoms with Crippen molar-refractivity contribution < 1.29 is 18.7 Å². The van der Waals surface area contributed by atoms with Crippen molar-refractivity contribution >= 4 is 11.8 Å². The maximum absolute atomic E-state index is 12.9. The Balaban J connectivity index is 0.000000456. The number of ether oxygens (including phenoxy) is 1. The molecule has 2 amide bonds. The maximum Gasteiger partial charge on any atom is 0.237 e. The highest BCUT2D eigenvalue weighted by Gasteiger charge is 2.17. The number of methoxy groups -OCH3 is 1. The largest absolute Gasteiger partial charge is 0.497 e. The van der Waals surface area contributed by atoms with E-state index in [1.807, 2.05) is 42.5 Å². The van der Waals surface area contributed by atoms with Gasteiger partial charge >= 0.3 is 0 Å². The third-order valence-electron chi connectivity index (χ3n) is 4.14. The Labute approximate surface area is 175 Å². The Morgan fingerprint density at radius 3 is 2.03 bits per heavy atom. The number of nitrogens with zero attached hydrogens (tertiary/aromatic N) is 1. The summed E-state index contributed by atoms with van der Waals surface area (Å²) in [6.07, 6.45) is 0.0670. The van der Waals surface area contributed by atoms with Gasteiger partial charge in [0.2, 0.25) is 11.8 Å². The molecule has 0 saturated carbocycles. The van der Waals surface area contributed by atoms with Gasteiger partial charge in [0.15, 0.2) is 0 Å². The van der Waals surface area contributed by atoms with Crippen LogP contribution in [0.3, 0.4) is 0 Å². The molecule has 0 aliphatic carbocycles. The summed E-state index contributed by atoms with van der Waals surface area (Å²) in [4.78, 5) is 25.1. The summed E-state index contributed by atoms with van der Waals surface area (Å²) in [5, 5.41) is 0. The van der Waals surface area contributed by atoms with Crippen LogP contribution in [-0.2, 0) is 22.6 Å². The molecule has 0 aliphatic heterocycles. The van der Waals surface area contributed by atoms with Crippen molar-refractivity contribution in [2.75, 3.05) is 13.7 Å². The normalized spacial score (nSPS) is 9.80. The lowest BCUT2D eigenvalue weighted by atomic mass is 10.1. The zero-order chi connectivity index (χ0) is 21.8. The lowest BCUT2D eigenvalue weighted by molar-refractivity contribution is -0.135. The molecule has 3 aromatic rings. The summed E-state index contributed by atoms with van der Waals surface area (Å²) in [6.45, 7) is 0.0530. The highest BCUT2D eigenvalue weighted by molar-refractivity contribution is 5.85. The number of benzene rings is 3. The van der Waals surface area contributed by atoms with Crippen molar-refractivity contribution in [3.8, 4) is 5.75 Å². The van der Waals surface area contributed by atoms with Crippen LogP contribution in [0, 0.1) is 5.82 Å². The average Bonchev–Trinajstić information content (AvgIpc) is 2.76. The summed E-state index contributed by atoms with van der Waals surface area (Å²) in [6, 6.07) is 24.9. The van der Waals surface area contributed by atoms with Crippen LogP contribution in [-0.4, -0.2) is 30.4 Å². The van der Waals surface area contributed by atoms with E-state index in [2.05, 4.69) is 0 Å². The standard InChI is InChI=1S/C18H19FN2O3.C6H6/c1-24-16-4-2-3-14(9-16)11-21(12-17(20)22)18(23)10-13-5-7-15(19)8-6-13;1-2-4-6-5-3-1/h2-9H,10-12H2,1H3,(H2,20,22);1-6H. The van der Waals surface area contributed by atoms with Crippen LogP contribution in [0.4, 0.5) is 4.39 Å². The van der Waals surface area contributed by atoms with Gasteiger partial charge in [0.25, 0.3) is 0 Å². The third kappa shape index (κ3) is 8.14. The highest BCUT2D eigenvalue weighted by atomic mass is 19.1. The van der Waals surface area contributed by atoms with E-state index in [0.717, 1.165) is 5.56 Å². The summed E-state index contributed by atoms with van der Waals surface area (Å²) in [7, 11) is 1.56. The van der Waals surface area contributed by atoms with Crippen molar-refractivity contribution in [1.82, 2.24) is 4.90 Å². The van der Waals surface area contributed by atoms with Crippen molar-refractivity contribution in [1.29, 1.82) is 0 Å². The van der Waals surface area contributed by atoms with Crippen LogP contribution < -0.4 is 10.5 Å². The molecule has 0 aromatic heterocycles. The summed E-state index contributed by atoms with van der Waals surface area (Å²) < 4.78 is 18.1. The predicted molar refractivity (Wildman–Crippen MR) is 114 cm³/mol. The van der Waals surface area contributed by atoms with Crippen LogP contribution >= 0.6 is 0 Å². The fraction of sp³-hybridized carbons (Fsp3) is 0.167. The van der Waals surface area contributed by atoms with Gasteiger partial charge in [-0.15, -0.1) is 0 Å². The van der Waals surface area contributed by atoms with E-state index in [-0.39, 0.29) is 31.2 Å². The smallest absolute Gasteiger partial charge is 0.237 e. The molecule has 0 radical (unpaired) electrons. The Bertz CT molecular complexity index is 904. The first-order valence-electron chi connectivity index (χ1n) is 9.41. The van der Waals surface area contributed by atoms with Crippen molar-refractivity contribution in [2.24, 2.45) is 5.73 Å². The number of hydrogen-bond donors (Lipinski definition) is 1. The molecule has 0 atom stereocenters. The first kappa shape index (κ1) is 22.6. The number of nitrogens with two attached hydrogens (primary N) is 1. The summed E-state index contributed by atoms with van der Waals surface area (Å²) >= 11 is 0. The maximum atomic E-state index is 12.9. The van der Waals surface area contributed by atoms with E-state index in [9.17, 15) is 14.0 Å². The van der Waals surface area contributed by atoms with Crippen LogP contribution in [0.15, 0.2) is 84.9 Å². The molecule has 2 N–H and O–H groups in total. The molecule has 5 nitrogen and oxygen atoms in total. The first-order valence-corrected chi connectivity index (χ1v) is 9.41. The number of rotatable bonds is 7. The lowest BCUT2D eigenvalue weighted by Gasteiger charge is -2.21. The van der Waals surface area contributed by atoms with Crippen molar-refractivity contribution in [2.45, 2.75) is 13.0 Å². The van der Waals surface area contributed by atoms with Crippen LogP contribution in [0.1, 0.15) is 11.1 Å². The number of halogens is 1. The molecule has 0 aliphatic rings.